The molecular weight excluding hydrogens is 506 g/mol. The summed E-state index contributed by atoms with van der Waals surface area (Å²) in [5.74, 6) is 0.372. The predicted octanol–water partition coefficient (Wildman–Crippen LogP) is 4.63. The van der Waals surface area contributed by atoms with Crippen LogP contribution in [0.3, 0.4) is 0 Å². The Hall–Kier alpha value is -4.40. The van der Waals surface area contributed by atoms with Crippen molar-refractivity contribution >= 4 is 28.5 Å². The summed E-state index contributed by atoms with van der Waals surface area (Å²) < 4.78 is 12.8. The van der Waals surface area contributed by atoms with Gasteiger partial charge in [0.05, 0.1) is 19.7 Å². The molecule has 0 fully saturated rings. The van der Waals surface area contributed by atoms with Crippen molar-refractivity contribution < 1.29 is 19.1 Å². The van der Waals surface area contributed by atoms with E-state index < -0.39 is 11.6 Å². The van der Waals surface area contributed by atoms with Crippen molar-refractivity contribution in [1.29, 1.82) is 0 Å². The van der Waals surface area contributed by atoms with Crippen LogP contribution in [0, 0.1) is 0 Å². The van der Waals surface area contributed by atoms with Crippen LogP contribution in [0.4, 0.5) is 5.69 Å². The molecule has 0 bridgehead atoms. The normalized spacial score (nSPS) is 13.5. The van der Waals surface area contributed by atoms with Crippen molar-refractivity contribution in [3.63, 3.8) is 0 Å². The first-order chi connectivity index (χ1) is 19.2. The summed E-state index contributed by atoms with van der Waals surface area (Å²) in [6, 6.07) is 17.7. The number of benzene rings is 3. The molecule has 9 heteroatoms. The SMILES string of the molecule is COc1ccc(OC)c([C@H](C(=O)NC(C)(C)C)N(C(=O)Cn2nnc3ccccc32)c2ccc3c(c2)CCC3)c1. The number of nitrogens with zero attached hydrogens (tertiary/aromatic N) is 4. The van der Waals surface area contributed by atoms with Gasteiger partial charge in [0.1, 0.15) is 29.6 Å². The monoisotopic (exact) mass is 541 g/mol. The van der Waals surface area contributed by atoms with Gasteiger partial charge < -0.3 is 14.8 Å². The molecule has 208 valence electrons. The van der Waals surface area contributed by atoms with Gasteiger partial charge in [-0.1, -0.05) is 23.4 Å². The number of ether oxygens (including phenoxy) is 2. The highest BCUT2D eigenvalue weighted by Crippen LogP contribution is 2.38. The molecule has 0 unspecified atom stereocenters. The van der Waals surface area contributed by atoms with Crippen LogP contribution in [-0.2, 0) is 29.0 Å². The lowest BCUT2D eigenvalue weighted by Crippen LogP contribution is -2.50. The zero-order chi connectivity index (χ0) is 28.4. The Balaban J connectivity index is 1.68. The Morgan fingerprint density at radius 3 is 2.52 bits per heavy atom. The summed E-state index contributed by atoms with van der Waals surface area (Å²) >= 11 is 0. The summed E-state index contributed by atoms with van der Waals surface area (Å²) in [7, 11) is 3.11. The molecule has 0 aliphatic heterocycles. The number of amides is 2. The van der Waals surface area contributed by atoms with Crippen LogP contribution in [0.5, 0.6) is 11.5 Å². The number of methoxy groups -OCH3 is 2. The fourth-order valence-electron chi connectivity index (χ4n) is 5.27. The summed E-state index contributed by atoms with van der Waals surface area (Å²) in [6.07, 6.45) is 3.00. The molecule has 2 amide bonds. The van der Waals surface area contributed by atoms with Gasteiger partial charge >= 0.3 is 0 Å². The molecular formula is C31H35N5O4. The molecule has 9 nitrogen and oxygen atoms in total. The van der Waals surface area contributed by atoms with E-state index in [1.807, 2.05) is 57.2 Å². The maximum absolute atomic E-state index is 14.4. The third-order valence-corrected chi connectivity index (χ3v) is 7.07. The van der Waals surface area contributed by atoms with Gasteiger partial charge in [-0.25, -0.2) is 4.68 Å². The van der Waals surface area contributed by atoms with E-state index in [4.69, 9.17) is 9.47 Å². The maximum Gasteiger partial charge on any atom is 0.249 e. The Morgan fingerprint density at radius 2 is 1.77 bits per heavy atom. The van der Waals surface area contributed by atoms with Crippen molar-refractivity contribution in [2.45, 2.75) is 58.2 Å². The lowest BCUT2D eigenvalue weighted by atomic mass is 9.98. The van der Waals surface area contributed by atoms with Crippen molar-refractivity contribution in [1.82, 2.24) is 20.3 Å². The fraction of sp³-hybridized carbons (Fsp3) is 0.355. The average Bonchev–Trinajstić information content (AvgIpc) is 3.57. The molecule has 4 aromatic rings. The van der Waals surface area contributed by atoms with E-state index in [1.54, 1.807) is 42.0 Å². The van der Waals surface area contributed by atoms with Crippen LogP contribution in [0.15, 0.2) is 60.7 Å². The van der Waals surface area contributed by atoms with E-state index in [0.717, 1.165) is 24.8 Å². The summed E-state index contributed by atoms with van der Waals surface area (Å²) in [5.41, 5.74) is 4.49. The number of hydrogen-bond acceptors (Lipinski definition) is 6. The number of rotatable bonds is 8. The quantitative estimate of drug-likeness (QED) is 0.349. The van der Waals surface area contributed by atoms with Gasteiger partial charge in [-0.15, -0.1) is 5.10 Å². The van der Waals surface area contributed by atoms with Gasteiger partial charge in [-0.3, -0.25) is 14.5 Å². The second kappa shape index (κ2) is 11.0. The van der Waals surface area contributed by atoms with E-state index >= 15 is 0 Å². The first kappa shape index (κ1) is 27.2. The van der Waals surface area contributed by atoms with Gasteiger partial charge in [-0.2, -0.15) is 0 Å². The molecule has 1 atom stereocenters. The van der Waals surface area contributed by atoms with Gasteiger partial charge in [-0.05, 0) is 93.6 Å². The smallest absolute Gasteiger partial charge is 0.249 e. The number of hydrogen-bond donors (Lipinski definition) is 1. The number of aryl methyl sites for hydroxylation is 2. The van der Waals surface area contributed by atoms with E-state index in [9.17, 15) is 9.59 Å². The summed E-state index contributed by atoms with van der Waals surface area (Å²) in [6.45, 7) is 5.62. The number of anilines is 1. The third kappa shape index (κ3) is 5.50. The third-order valence-electron chi connectivity index (χ3n) is 7.07. The van der Waals surface area contributed by atoms with Crippen molar-refractivity contribution in [3.8, 4) is 11.5 Å². The molecule has 0 radical (unpaired) electrons. The minimum Gasteiger partial charge on any atom is -0.497 e. The highest BCUT2D eigenvalue weighted by atomic mass is 16.5. The average molecular weight is 542 g/mol. The molecule has 5 rings (SSSR count). The standard InChI is InChI=1S/C31H35N5O4/c1-31(2,3)32-30(38)29(24-18-23(39-4)15-16-27(24)40-5)36(22-14-13-20-9-8-10-21(20)17-22)28(37)19-35-26-12-7-6-11-25(26)33-34-35/h6-7,11-18,29H,8-10,19H2,1-5H3,(H,32,38)/t29-/m1/s1. The van der Waals surface area contributed by atoms with Crippen LogP contribution < -0.4 is 19.7 Å². The van der Waals surface area contributed by atoms with Gasteiger partial charge in [0.25, 0.3) is 0 Å². The highest BCUT2D eigenvalue weighted by Gasteiger charge is 2.37. The molecule has 1 N–H and O–H groups in total. The van der Waals surface area contributed by atoms with Crippen LogP contribution in [0.25, 0.3) is 11.0 Å². The first-order valence-electron chi connectivity index (χ1n) is 13.4. The Bertz CT molecular complexity index is 1560. The minimum atomic E-state index is -1.05. The van der Waals surface area contributed by atoms with Crippen molar-refractivity contribution in [2.24, 2.45) is 0 Å². The van der Waals surface area contributed by atoms with Crippen molar-refractivity contribution in [2.75, 3.05) is 19.1 Å². The van der Waals surface area contributed by atoms with E-state index in [-0.39, 0.29) is 18.4 Å². The summed E-state index contributed by atoms with van der Waals surface area (Å²) in [4.78, 5) is 30.1. The fourth-order valence-corrected chi connectivity index (χ4v) is 5.27. The lowest BCUT2D eigenvalue weighted by Gasteiger charge is -2.34. The zero-order valence-corrected chi connectivity index (χ0v) is 23.6. The van der Waals surface area contributed by atoms with Crippen LogP contribution in [-0.4, -0.2) is 46.6 Å². The molecule has 40 heavy (non-hydrogen) atoms. The largest absolute Gasteiger partial charge is 0.497 e. The highest BCUT2D eigenvalue weighted by molar-refractivity contribution is 6.02. The van der Waals surface area contributed by atoms with Crippen LogP contribution in [0.1, 0.15) is 49.9 Å². The number of carbonyl (C=O) groups excluding carboxylic acids is 2. The molecule has 0 spiro atoms. The van der Waals surface area contributed by atoms with Crippen LogP contribution >= 0.6 is 0 Å². The van der Waals surface area contributed by atoms with Gasteiger partial charge in [0, 0.05) is 16.8 Å². The number of nitrogens with one attached hydrogen (secondary N) is 1. The maximum atomic E-state index is 14.4. The molecule has 1 aromatic heterocycles. The molecule has 0 saturated carbocycles. The number of fused-ring (bicyclic) bond motifs is 2. The molecule has 1 aliphatic rings. The van der Waals surface area contributed by atoms with E-state index in [0.29, 0.717) is 28.3 Å². The zero-order valence-electron chi connectivity index (χ0n) is 23.6. The number of para-hydroxylation sites is 1. The number of carbonyl (C=O) groups is 2. The predicted molar refractivity (Wildman–Crippen MR) is 154 cm³/mol. The second-order valence-corrected chi connectivity index (χ2v) is 11.1. The molecule has 1 heterocycles. The molecule has 0 saturated heterocycles. The second-order valence-electron chi connectivity index (χ2n) is 11.1. The van der Waals surface area contributed by atoms with E-state index in [2.05, 4.69) is 21.7 Å². The van der Waals surface area contributed by atoms with Crippen molar-refractivity contribution in [3.05, 3.63) is 77.4 Å². The Morgan fingerprint density at radius 1 is 1.00 bits per heavy atom. The Kier molecular flexibility index (Phi) is 7.47. The topological polar surface area (TPSA) is 98.6 Å². The summed E-state index contributed by atoms with van der Waals surface area (Å²) in [5, 5.41) is 11.5. The Labute approximate surface area is 234 Å². The van der Waals surface area contributed by atoms with Gasteiger partial charge in [0.2, 0.25) is 11.8 Å². The molecule has 3 aromatic carbocycles. The van der Waals surface area contributed by atoms with E-state index in [1.165, 1.54) is 11.1 Å². The van der Waals surface area contributed by atoms with Crippen LogP contribution in [0.2, 0.25) is 0 Å². The molecule has 1 aliphatic carbocycles. The first-order valence-corrected chi connectivity index (χ1v) is 13.4. The van der Waals surface area contributed by atoms with Gasteiger partial charge in [0.15, 0.2) is 0 Å². The minimum absolute atomic E-state index is 0.108. The number of aromatic nitrogens is 3. The lowest BCUT2D eigenvalue weighted by molar-refractivity contribution is -0.128.